The number of benzene rings is 9. The van der Waals surface area contributed by atoms with E-state index in [1.165, 1.54) is 72.3 Å². The van der Waals surface area contributed by atoms with E-state index in [0.29, 0.717) is 0 Å². The Balaban J connectivity index is 1.09. The van der Waals surface area contributed by atoms with Gasteiger partial charge in [-0.15, -0.1) is 0 Å². The summed E-state index contributed by atoms with van der Waals surface area (Å²) in [6.07, 6.45) is 0. The number of hydrogen-bond acceptors (Lipinski definition) is 4. The van der Waals surface area contributed by atoms with Crippen LogP contribution in [0, 0.1) is 0 Å². The van der Waals surface area contributed by atoms with Gasteiger partial charge in [0, 0.05) is 55.1 Å². The molecule has 0 saturated heterocycles. The van der Waals surface area contributed by atoms with Crippen LogP contribution in [0.3, 0.4) is 0 Å². The van der Waals surface area contributed by atoms with E-state index in [0.717, 1.165) is 66.6 Å². The van der Waals surface area contributed by atoms with Gasteiger partial charge in [-0.25, -0.2) is 0 Å². The minimum atomic E-state index is -0.314. The van der Waals surface area contributed by atoms with E-state index in [4.69, 9.17) is 8.83 Å². The lowest BCUT2D eigenvalue weighted by Gasteiger charge is -2.45. The van der Waals surface area contributed by atoms with Gasteiger partial charge in [0.2, 0.25) is 0 Å². The molecule has 9 aromatic carbocycles. The zero-order valence-corrected chi connectivity index (χ0v) is 36.5. The Bertz CT molecular complexity index is 3690. The SMILES string of the molecule is CC1(C)c2ccccc2-c2cc3c(oc4ccccc43)c(N3c4ccccc4B4c5ccccc5N(c5c6c(cc7c5oc5ccccc57)-c5ccccc5C6(C)C)c5cccc3c54)c21. The minimum absolute atomic E-state index is 0.0256. The highest BCUT2D eigenvalue weighted by Gasteiger charge is 2.49. The summed E-state index contributed by atoms with van der Waals surface area (Å²) in [4.78, 5) is 5.14. The van der Waals surface area contributed by atoms with Crippen molar-refractivity contribution in [3.05, 3.63) is 198 Å². The summed E-state index contributed by atoms with van der Waals surface area (Å²) in [5.74, 6) is 0. The van der Waals surface area contributed by atoms with E-state index < -0.39 is 0 Å². The number of para-hydroxylation sites is 4. The molecule has 15 rings (SSSR count). The van der Waals surface area contributed by atoms with Crippen LogP contribution in [-0.2, 0) is 10.8 Å². The summed E-state index contributed by atoms with van der Waals surface area (Å²) in [6, 6.07) is 65.0. The van der Waals surface area contributed by atoms with Crippen molar-refractivity contribution < 1.29 is 8.83 Å². The molecule has 4 aliphatic rings. The number of anilines is 6. The molecular formula is C60H41BN2O2. The van der Waals surface area contributed by atoms with Crippen molar-refractivity contribution in [1.29, 1.82) is 0 Å². The van der Waals surface area contributed by atoms with Gasteiger partial charge >= 0.3 is 0 Å². The predicted octanol–water partition coefficient (Wildman–Crippen LogP) is 14.2. The molecule has 2 aromatic heterocycles. The van der Waals surface area contributed by atoms with Gasteiger partial charge in [-0.05, 0) is 109 Å². The van der Waals surface area contributed by atoms with Crippen LogP contribution in [0.5, 0.6) is 0 Å². The molecule has 0 spiro atoms. The van der Waals surface area contributed by atoms with E-state index in [-0.39, 0.29) is 17.5 Å². The lowest BCUT2D eigenvalue weighted by molar-refractivity contribution is 0.648. The van der Waals surface area contributed by atoms with Gasteiger partial charge < -0.3 is 18.6 Å². The first-order chi connectivity index (χ1) is 31.8. The Hall–Kier alpha value is -7.76. The Morgan fingerprint density at radius 2 is 0.785 bits per heavy atom. The predicted molar refractivity (Wildman–Crippen MR) is 270 cm³/mol. The topological polar surface area (TPSA) is 32.8 Å². The molecule has 0 radical (unpaired) electrons. The van der Waals surface area contributed by atoms with Crippen molar-refractivity contribution in [3.8, 4) is 22.3 Å². The molecule has 4 heterocycles. The van der Waals surface area contributed by atoms with Crippen LogP contribution in [-0.4, -0.2) is 6.71 Å². The first kappa shape index (κ1) is 35.7. The average Bonchev–Trinajstić information content (AvgIpc) is 4.03. The third-order valence-corrected chi connectivity index (χ3v) is 15.6. The monoisotopic (exact) mass is 832 g/mol. The molecule has 0 amide bonds. The number of rotatable bonds is 2. The van der Waals surface area contributed by atoms with Crippen LogP contribution in [0.2, 0.25) is 0 Å². The van der Waals surface area contributed by atoms with E-state index in [9.17, 15) is 0 Å². The molecule has 65 heavy (non-hydrogen) atoms. The van der Waals surface area contributed by atoms with Crippen molar-refractivity contribution >= 4 is 101 Å². The van der Waals surface area contributed by atoms with Gasteiger partial charge in [0.15, 0.2) is 11.2 Å². The van der Waals surface area contributed by atoms with Crippen molar-refractivity contribution in [3.63, 3.8) is 0 Å². The lowest BCUT2D eigenvalue weighted by Crippen LogP contribution is -2.61. The molecule has 11 aromatic rings. The highest BCUT2D eigenvalue weighted by Crippen LogP contribution is 2.61. The summed E-state index contributed by atoms with van der Waals surface area (Å²) in [5.41, 5.74) is 24.0. The van der Waals surface area contributed by atoms with Crippen LogP contribution >= 0.6 is 0 Å². The van der Waals surface area contributed by atoms with E-state index >= 15 is 0 Å². The number of furan rings is 2. The Morgan fingerprint density at radius 1 is 0.385 bits per heavy atom. The van der Waals surface area contributed by atoms with Crippen LogP contribution in [0.25, 0.3) is 66.1 Å². The molecule has 2 aliphatic heterocycles. The van der Waals surface area contributed by atoms with E-state index in [2.05, 4.69) is 213 Å². The standard InChI is InChI=1S/C60H41BN2O2/c1-59(2)42-22-9-5-18-34(42)38-32-40-36-20-7-15-30-50(36)64-57(40)55(52(38)59)62-46-26-13-11-24-44(46)61-45-25-12-14-27-47(45)63(49-29-17-28-48(62)54(49)61)56-53-39(35-19-6-10-23-43(35)60(53,3)4)33-41-37-21-8-16-31-51(37)65-58(41)56/h5-33H,1-4H3. The number of fused-ring (bicyclic) bond motifs is 16. The van der Waals surface area contributed by atoms with Crippen molar-refractivity contribution in [2.75, 3.05) is 9.80 Å². The van der Waals surface area contributed by atoms with Gasteiger partial charge in [-0.3, -0.25) is 0 Å². The van der Waals surface area contributed by atoms with Gasteiger partial charge in [0.05, 0.1) is 11.4 Å². The molecule has 0 atom stereocenters. The molecule has 0 fully saturated rings. The van der Waals surface area contributed by atoms with Crippen LogP contribution < -0.4 is 26.2 Å². The maximum atomic E-state index is 7.14. The highest BCUT2D eigenvalue weighted by molar-refractivity contribution is 7.00. The molecular weight excluding hydrogens is 791 g/mol. The van der Waals surface area contributed by atoms with Crippen LogP contribution in [0.4, 0.5) is 34.1 Å². The van der Waals surface area contributed by atoms with E-state index in [1.807, 2.05) is 0 Å². The normalized spacial score (nSPS) is 15.5. The van der Waals surface area contributed by atoms with Crippen molar-refractivity contribution in [2.24, 2.45) is 0 Å². The number of hydrogen-bond donors (Lipinski definition) is 0. The lowest BCUT2D eigenvalue weighted by atomic mass is 9.33. The summed E-state index contributed by atoms with van der Waals surface area (Å²) < 4.78 is 14.3. The van der Waals surface area contributed by atoms with Crippen LogP contribution in [0.15, 0.2) is 185 Å². The Kier molecular flexibility index (Phi) is 6.63. The molecule has 2 aliphatic carbocycles. The fourth-order valence-electron chi connectivity index (χ4n) is 12.9. The molecule has 0 unspecified atom stereocenters. The summed E-state index contributed by atoms with van der Waals surface area (Å²) >= 11 is 0. The zero-order chi connectivity index (χ0) is 43.1. The molecule has 0 saturated carbocycles. The summed E-state index contributed by atoms with van der Waals surface area (Å²) in [6.45, 7) is 9.53. The maximum Gasteiger partial charge on any atom is 0.252 e. The molecule has 0 N–H and O–H groups in total. The molecule has 4 nitrogen and oxygen atoms in total. The van der Waals surface area contributed by atoms with Crippen molar-refractivity contribution in [1.82, 2.24) is 0 Å². The van der Waals surface area contributed by atoms with Gasteiger partial charge in [0.1, 0.15) is 11.2 Å². The van der Waals surface area contributed by atoms with Gasteiger partial charge in [0.25, 0.3) is 6.71 Å². The minimum Gasteiger partial charge on any atom is -0.454 e. The second kappa shape index (κ2) is 12.1. The molecule has 0 bridgehead atoms. The smallest absolute Gasteiger partial charge is 0.252 e. The second-order valence-corrected chi connectivity index (χ2v) is 19.5. The second-order valence-electron chi connectivity index (χ2n) is 19.5. The zero-order valence-electron chi connectivity index (χ0n) is 36.5. The average molecular weight is 833 g/mol. The maximum absolute atomic E-state index is 7.14. The van der Waals surface area contributed by atoms with Gasteiger partial charge in [-0.2, -0.15) is 0 Å². The third kappa shape index (κ3) is 4.30. The first-order valence-corrected chi connectivity index (χ1v) is 22.9. The molecule has 306 valence electrons. The van der Waals surface area contributed by atoms with Crippen molar-refractivity contribution in [2.45, 2.75) is 38.5 Å². The Morgan fingerprint density at radius 3 is 1.28 bits per heavy atom. The quantitative estimate of drug-likeness (QED) is 0.162. The van der Waals surface area contributed by atoms with Crippen LogP contribution in [0.1, 0.15) is 49.9 Å². The van der Waals surface area contributed by atoms with Gasteiger partial charge in [-0.1, -0.05) is 155 Å². The fourth-order valence-corrected chi connectivity index (χ4v) is 12.9. The summed E-state index contributed by atoms with van der Waals surface area (Å²) in [7, 11) is 0. The highest BCUT2D eigenvalue weighted by atomic mass is 16.3. The summed E-state index contributed by atoms with van der Waals surface area (Å²) in [5, 5.41) is 4.52. The fraction of sp³-hybridized carbons (Fsp3) is 0.100. The first-order valence-electron chi connectivity index (χ1n) is 22.9. The molecule has 5 heteroatoms. The van der Waals surface area contributed by atoms with E-state index in [1.54, 1.807) is 0 Å². The third-order valence-electron chi connectivity index (χ3n) is 15.6. The Labute approximate surface area is 377 Å². The largest absolute Gasteiger partial charge is 0.454 e. The number of nitrogens with zero attached hydrogens (tertiary/aromatic N) is 2.